The topological polar surface area (TPSA) is 26.0 Å². The van der Waals surface area contributed by atoms with E-state index >= 15 is 0 Å². The minimum Gasteiger partial charge on any atom is -0.325 e. The molecule has 0 aliphatic rings. The summed E-state index contributed by atoms with van der Waals surface area (Å²) in [4.78, 5) is 0. The zero-order chi connectivity index (χ0) is 12.7. The molecule has 0 aliphatic heterocycles. The smallest absolute Gasteiger partial charge is 0.176 e. The van der Waals surface area contributed by atoms with Crippen LogP contribution in [0.1, 0.15) is 19.4 Å². The van der Waals surface area contributed by atoms with E-state index in [2.05, 4.69) is 15.9 Å². The molecule has 0 bridgehead atoms. The molecule has 0 amide bonds. The van der Waals surface area contributed by atoms with E-state index in [1.807, 2.05) is 0 Å². The van der Waals surface area contributed by atoms with E-state index in [4.69, 9.17) is 5.73 Å². The minimum absolute atomic E-state index is 0.300. The van der Waals surface area contributed by atoms with E-state index in [9.17, 15) is 17.6 Å². The van der Waals surface area contributed by atoms with Crippen LogP contribution in [0.2, 0.25) is 0 Å². The summed E-state index contributed by atoms with van der Waals surface area (Å²) in [6.45, 7) is 3.01. The summed E-state index contributed by atoms with van der Waals surface area (Å²) in [6.07, 6.45) is -0.300. The van der Waals surface area contributed by atoms with Crippen LogP contribution in [0.4, 0.5) is 17.6 Å². The third kappa shape index (κ3) is 2.55. The first kappa shape index (κ1) is 13.4. The van der Waals surface area contributed by atoms with Crippen LogP contribution in [-0.2, 0) is 6.42 Å². The van der Waals surface area contributed by atoms with Crippen LogP contribution in [0.5, 0.6) is 0 Å². The fourth-order valence-corrected chi connectivity index (χ4v) is 1.61. The number of hydrogen-bond acceptors (Lipinski definition) is 1. The molecule has 0 aliphatic carbocycles. The van der Waals surface area contributed by atoms with Crippen LogP contribution in [0.3, 0.4) is 0 Å². The maximum Gasteiger partial charge on any atom is 0.176 e. The van der Waals surface area contributed by atoms with Gasteiger partial charge in [-0.25, -0.2) is 17.6 Å². The van der Waals surface area contributed by atoms with Crippen LogP contribution in [0.15, 0.2) is 4.47 Å². The van der Waals surface area contributed by atoms with Crippen molar-refractivity contribution in [2.75, 3.05) is 0 Å². The lowest BCUT2D eigenvalue weighted by Gasteiger charge is -2.19. The first-order chi connectivity index (χ1) is 7.15. The quantitative estimate of drug-likeness (QED) is 0.506. The maximum atomic E-state index is 13.4. The van der Waals surface area contributed by atoms with Gasteiger partial charge in [-0.2, -0.15) is 0 Å². The first-order valence-corrected chi connectivity index (χ1v) is 5.23. The number of nitrogens with two attached hydrogens (primary N) is 1. The highest BCUT2D eigenvalue weighted by Gasteiger charge is 2.26. The van der Waals surface area contributed by atoms with E-state index in [1.54, 1.807) is 0 Å². The fraction of sp³-hybridized carbons (Fsp3) is 0.400. The van der Waals surface area contributed by atoms with E-state index in [-0.39, 0.29) is 6.42 Å². The zero-order valence-electron chi connectivity index (χ0n) is 8.67. The number of halogens is 5. The lowest BCUT2D eigenvalue weighted by molar-refractivity contribution is 0.411. The Labute approximate surface area is 98.8 Å². The molecule has 0 aromatic heterocycles. The summed E-state index contributed by atoms with van der Waals surface area (Å²) < 4.78 is 52.2. The predicted octanol–water partition coefficient (Wildman–Crippen LogP) is 3.29. The third-order valence-corrected chi connectivity index (χ3v) is 2.63. The summed E-state index contributed by atoms with van der Waals surface area (Å²) in [5.41, 5.74) is 3.91. The molecule has 6 heteroatoms. The Kier molecular flexibility index (Phi) is 3.64. The molecule has 0 fully saturated rings. The Morgan fingerprint density at radius 1 is 1.00 bits per heavy atom. The molecule has 90 valence electrons. The SMILES string of the molecule is CC(C)(N)Cc1c(F)c(F)c(Br)c(F)c1F. The van der Waals surface area contributed by atoms with Gasteiger partial charge in [-0.15, -0.1) is 0 Å². The van der Waals surface area contributed by atoms with E-state index < -0.39 is 38.8 Å². The monoisotopic (exact) mass is 299 g/mol. The minimum atomic E-state index is -1.45. The molecule has 0 heterocycles. The highest BCUT2D eigenvalue weighted by Crippen LogP contribution is 2.29. The second kappa shape index (κ2) is 4.33. The molecular formula is C10H10BrF4N. The summed E-state index contributed by atoms with van der Waals surface area (Å²) in [7, 11) is 0. The number of rotatable bonds is 2. The summed E-state index contributed by atoms with van der Waals surface area (Å²) >= 11 is 2.43. The van der Waals surface area contributed by atoms with Gasteiger partial charge in [0.15, 0.2) is 23.3 Å². The number of benzene rings is 1. The molecule has 0 saturated heterocycles. The van der Waals surface area contributed by atoms with Crippen molar-refractivity contribution in [2.24, 2.45) is 5.73 Å². The Morgan fingerprint density at radius 2 is 1.38 bits per heavy atom. The Balaban J connectivity index is 3.40. The normalized spacial score (nSPS) is 12.0. The van der Waals surface area contributed by atoms with Gasteiger partial charge in [0.1, 0.15) is 0 Å². The van der Waals surface area contributed by atoms with Gasteiger partial charge >= 0.3 is 0 Å². The van der Waals surface area contributed by atoms with Crippen LogP contribution in [0, 0.1) is 23.3 Å². The van der Waals surface area contributed by atoms with Crippen molar-refractivity contribution >= 4 is 15.9 Å². The van der Waals surface area contributed by atoms with Gasteiger partial charge in [0.25, 0.3) is 0 Å². The lowest BCUT2D eigenvalue weighted by atomic mass is 9.95. The fourth-order valence-electron chi connectivity index (χ4n) is 1.26. The Bertz CT molecular complexity index is 397. The number of hydrogen-bond donors (Lipinski definition) is 1. The molecule has 0 atom stereocenters. The largest absolute Gasteiger partial charge is 0.325 e. The highest BCUT2D eigenvalue weighted by atomic mass is 79.9. The third-order valence-electron chi connectivity index (χ3n) is 1.93. The van der Waals surface area contributed by atoms with Gasteiger partial charge in [0.05, 0.1) is 4.47 Å². The second-order valence-electron chi connectivity index (χ2n) is 4.21. The van der Waals surface area contributed by atoms with E-state index in [0.717, 1.165) is 0 Å². The average molecular weight is 300 g/mol. The van der Waals surface area contributed by atoms with Crippen molar-refractivity contribution in [3.05, 3.63) is 33.3 Å². The molecule has 1 rings (SSSR count). The van der Waals surface area contributed by atoms with Crippen molar-refractivity contribution < 1.29 is 17.6 Å². The van der Waals surface area contributed by atoms with Gasteiger partial charge in [0.2, 0.25) is 0 Å². The van der Waals surface area contributed by atoms with Crippen LogP contribution in [-0.4, -0.2) is 5.54 Å². The molecule has 0 radical (unpaired) electrons. The highest BCUT2D eigenvalue weighted by molar-refractivity contribution is 9.10. The Hall–Kier alpha value is -0.620. The van der Waals surface area contributed by atoms with Gasteiger partial charge in [-0.05, 0) is 36.2 Å². The van der Waals surface area contributed by atoms with Crippen molar-refractivity contribution in [1.82, 2.24) is 0 Å². The Morgan fingerprint density at radius 3 is 1.69 bits per heavy atom. The standard InChI is InChI=1S/C10H10BrF4N/c1-10(2,16)3-4-6(12)8(14)5(11)9(15)7(4)13/h3,16H2,1-2H3. The summed E-state index contributed by atoms with van der Waals surface area (Å²) in [5, 5.41) is 0. The van der Waals surface area contributed by atoms with E-state index in [0.29, 0.717) is 0 Å². The molecule has 0 unspecified atom stereocenters. The van der Waals surface area contributed by atoms with Crippen molar-refractivity contribution in [1.29, 1.82) is 0 Å². The van der Waals surface area contributed by atoms with Crippen LogP contribution in [0.25, 0.3) is 0 Å². The lowest BCUT2D eigenvalue weighted by Crippen LogP contribution is -2.35. The molecule has 1 nitrogen and oxygen atoms in total. The van der Waals surface area contributed by atoms with Gasteiger partial charge < -0.3 is 5.73 Å². The molecule has 0 saturated carbocycles. The zero-order valence-corrected chi connectivity index (χ0v) is 10.3. The molecular weight excluding hydrogens is 290 g/mol. The predicted molar refractivity (Wildman–Crippen MR) is 55.9 cm³/mol. The van der Waals surface area contributed by atoms with Crippen LogP contribution < -0.4 is 5.73 Å². The molecule has 2 N–H and O–H groups in total. The summed E-state index contributed by atoms with van der Waals surface area (Å²) in [6, 6.07) is 0. The second-order valence-corrected chi connectivity index (χ2v) is 5.01. The first-order valence-electron chi connectivity index (χ1n) is 4.44. The molecule has 0 spiro atoms. The van der Waals surface area contributed by atoms with Gasteiger partial charge in [0, 0.05) is 11.1 Å². The van der Waals surface area contributed by atoms with Gasteiger partial charge in [-0.3, -0.25) is 0 Å². The average Bonchev–Trinajstić information content (AvgIpc) is 2.17. The van der Waals surface area contributed by atoms with E-state index in [1.165, 1.54) is 13.8 Å². The van der Waals surface area contributed by atoms with Crippen LogP contribution >= 0.6 is 15.9 Å². The molecule has 1 aromatic rings. The summed E-state index contributed by atoms with van der Waals surface area (Å²) in [5.74, 6) is -5.72. The molecule has 16 heavy (non-hydrogen) atoms. The van der Waals surface area contributed by atoms with Crippen molar-refractivity contribution in [3.8, 4) is 0 Å². The van der Waals surface area contributed by atoms with Crippen molar-refractivity contribution in [2.45, 2.75) is 25.8 Å². The van der Waals surface area contributed by atoms with Gasteiger partial charge in [-0.1, -0.05) is 0 Å². The maximum absolute atomic E-state index is 13.4. The molecule has 1 aromatic carbocycles. The van der Waals surface area contributed by atoms with Crippen molar-refractivity contribution in [3.63, 3.8) is 0 Å².